The Labute approximate surface area is 203 Å². The Hall–Kier alpha value is -3.52. The molecule has 35 heavy (non-hydrogen) atoms. The van der Waals surface area contributed by atoms with Crippen LogP contribution in [-0.4, -0.2) is 39.4 Å². The Bertz CT molecular complexity index is 1200. The lowest BCUT2D eigenvalue weighted by Gasteiger charge is -2.31. The summed E-state index contributed by atoms with van der Waals surface area (Å²) in [6.07, 6.45) is 2.86. The van der Waals surface area contributed by atoms with E-state index in [-0.39, 0.29) is 29.7 Å². The van der Waals surface area contributed by atoms with Crippen molar-refractivity contribution in [2.24, 2.45) is 5.92 Å². The van der Waals surface area contributed by atoms with Crippen molar-refractivity contribution in [3.63, 3.8) is 0 Å². The van der Waals surface area contributed by atoms with Crippen molar-refractivity contribution in [3.05, 3.63) is 88.8 Å². The molecule has 0 spiro atoms. The van der Waals surface area contributed by atoms with Crippen LogP contribution < -0.4 is 5.32 Å². The highest BCUT2D eigenvalue weighted by atomic mass is 19.1. The van der Waals surface area contributed by atoms with Crippen LogP contribution in [0.4, 0.5) is 4.39 Å². The van der Waals surface area contributed by atoms with Crippen LogP contribution in [0.3, 0.4) is 0 Å². The summed E-state index contributed by atoms with van der Waals surface area (Å²) in [5, 5.41) is 2.92. The zero-order valence-electron chi connectivity index (χ0n) is 19.7. The monoisotopic (exact) mass is 476 g/mol. The molecule has 0 aliphatic carbocycles. The lowest BCUT2D eigenvalue weighted by molar-refractivity contribution is -0.126. The maximum atomic E-state index is 13.2. The number of fused-ring (bicyclic) bond motifs is 1. The number of rotatable bonds is 5. The molecule has 2 aliphatic heterocycles. The number of piperidine rings is 1. The number of hydrogen-bond acceptors (Lipinski definition) is 4. The van der Waals surface area contributed by atoms with Crippen LogP contribution in [-0.2, 0) is 29.2 Å². The summed E-state index contributed by atoms with van der Waals surface area (Å²) < 4.78 is 21.1. The van der Waals surface area contributed by atoms with Crippen LogP contribution in [0.25, 0.3) is 0 Å². The molecule has 7 nitrogen and oxygen atoms in total. The topological polar surface area (TPSA) is 76.5 Å². The van der Waals surface area contributed by atoms with Crippen molar-refractivity contribution < 1.29 is 18.7 Å². The summed E-state index contributed by atoms with van der Waals surface area (Å²) in [6, 6.07) is 14.4. The Morgan fingerprint density at radius 1 is 1.09 bits per heavy atom. The second-order valence-corrected chi connectivity index (χ2v) is 9.31. The predicted molar refractivity (Wildman–Crippen MR) is 128 cm³/mol. The maximum absolute atomic E-state index is 13.2. The molecule has 2 aliphatic rings. The average molecular weight is 477 g/mol. The van der Waals surface area contributed by atoms with Crippen LogP contribution in [0.15, 0.2) is 54.9 Å². The van der Waals surface area contributed by atoms with E-state index in [1.54, 1.807) is 23.4 Å². The third-order valence-corrected chi connectivity index (χ3v) is 6.91. The average Bonchev–Trinajstić information content (AvgIpc) is 3.31. The Balaban J connectivity index is 1.15. The number of imidazole rings is 1. The third kappa shape index (κ3) is 5.12. The summed E-state index contributed by atoms with van der Waals surface area (Å²) in [6.45, 7) is 4.39. The van der Waals surface area contributed by atoms with Crippen LogP contribution in [0.1, 0.15) is 51.8 Å². The van der Waals surface area contributed by atoms with Gasteiger partial charge >= 0.3 is 0 Å². The number of hydrogen-bond donors (Lipinski definition) is 1. The number of aryl methyl sites for hydroxylation is 1. The van der Waals surface area contributed by atoms with Crippen molar-refractivity contribution in [3.8, 4) is 0 Å². The second kappa shape index (κ2) is 10.00. The summed E-state index contributed by atoms with van der Waals surface area (Å²) in [7, 11) is 0. The number of amides is 2. The standard InChI is InChI=1S/C27H29FN4O3/c1-18-2-6-20(7-3-18)24-15-32-17-30-25(23(32)16-35-24)27(34)31-12-10-21(11-13-31)26(33)29-14-19-4-8-22(28)9-5-19/h2-9,17,21,24H,10-16H2,1H3,(H,29,33). The van der Waals surface area contributed by atoms with Gasteiger partial charge in [0.2, 0.25) is 5.91 Å². The van der Waals surface area contributed by atoms with Crippen molar-refractivity contribution in [2.45, 2.75) is 45.6 Å². The van der Waals surface area contributed by atoms with E-state index in [1.807, 2.05) is 4.57 Å². The maximum Gasteiger partial charge on any atom is 0.274 e. The largest absolute Gasteiger partial charge is 0.365 e. The van der Waals surface area contributed by atoms with E-state index in [2.05, 4.69) is 41.5 Å². The van der Waals surface area contributed by atoms with Gasteiger partial charge in [-0.1, -0.05) is 42.0 Å². The highest BCUT2D eigenvalue weighted by Gasteiger charge is 2.32. The van der Waals surface area contributed by atoms with Gasteiger partial charge in [0.25, 0.3) is 5.91 Å². The van der Waals surface area contributed by atoms with E-state index in [1.165, 1.54) is 17.7 Å². The van der Waals surface area contributed by atoms with Gasteiger partial charge in [-0.05, 0) is 43.0 Å². The van der Waals surface area contributed by atoms with Gasteiger partial charge in [0.05, 0.1) is 25.2 Å². The van der Waals surface area contributed by atoms with Gasteiger partial charge in [-0.2, -0.15) is 0 Å². The number of carbonyl (C=O) groups is 2. The predicted octanol–water partition coefficient (Wildman–Crippen LogP) is 3.77. The van der Waals surface area contributed by atoms with Gasteiger partial charge in [0.1, 0.15) is 11.9 Å². The van der Waals surface area contributed by atoms with Gasteiger partial charge in [0.15, 0.2) is 5.69 Å². The molecule has 1 unspecified atom stereocenters. The van der Waals surface area contributed by atoms with Gasteiger partial charge in [-0.3, -0.25) is 9.59 Å². The molecule has 8 heteroatoms. The van der Waals surface area contributed by atoms with Crippen LogP contribution in [0.5, 0.6) is 0 Å². The molecule has 1 saturated heterocycles. The zero-order chi connectivity index (χ0) is 24.4. The zero-order valence-corrected chi connectivity index (χ0v) is 19.7. The summed E-state index contributed by atoms with van der Waals surface area (Å²) in [5.74, 6) is -0.583. The van der Waals surface area contributed by atoms with Crippen molar-refractivity contribution >= 4 is 11.8 Å². The van der Waals surface area contributed by atoms with E-state index >= 15 is 0 Å². The van der Waals surface area contributed by atoms with E-state index in [0.717, 1.165) is 16.8 Å². The van der Waals surface area contributed by atoms with Gasteiger partial charge in [0, 0.05) is 25.6 Å². The number of aromatic nitrogens is 2. The molecular weight excluding hydrogens is 447 g/mol. The first kappa shape index (κ1) is 23.2. The fraction of sp³-hybridized carbons (Fsp3) is 0.370. The lowest BCUT2D eigenvalue weighted by atomic mass is 9.95. The molecule has 182 valence electrons. The number of nitrogens with zero attached hydrogens (tertiary/aromatic N) is 3. The van der Waals surface area contributed by atoms with Crippen molar-refractivity contribution in [2.75, 3.05) is 13.1 Å². The molecule has 0 saturated carbocycles. The summed E-state index contributed by atoms with van der Waals surface area (Å²) in [5.41, 5.74) is 4.41. The highest BCUT2D eigenvalue weighted by molar-refractivity contribution is 5.93. The number of halogens is 1. The molecule has 5 rings (SSSR count). The molecule has 2 aromatic carbocycles. The van der Waals surface area contributed by atoms with Gasteiger partial charge < -0.3 is 19.5 Å². The Kier molecular flexibility index (Phi) is 6.63. The first-order valence-corrected chi connectivity index (χ1v) is 12.0. The molecule has 2 amide bonds. The van der Waals surface area contributed by atoms with Crippen LogP contribution in [0, 0.1) is 18.7 Å². The minimum atomic E-state index is -0.297. The quantitative estimate of drug-likeness (QED) is 0.608. The molecule has 1 atom stereocenters. The Morgan fingerprint density at radius 2 is 1.80 bits per heavy atom. The van der Waals surface area contributed by atoms with Crippen LogP contribution >= 0.6 is 0 Å². The number of benzene rings is 2. The molecule has 3 aromatic rings. The van der Waals surface area contributed by atoms with E-state index in [4.69, 9.17) is 4.74 Å². The van der Waals surface area contributed by atoms with Crippen LogP contribution in [0.2, 0.25) is 0 Å². The first-order valence-electron chi connectivity index (χ1n) is 12.0. The fourth-order valence-electron chi connectivity index (χ4n) is 4.72. The smallest absolute Gasteiger partial charge is 0.274 e. The first-order chi connectivity index (χ1) is 17.0. The minimum Gasteiger partial charge on any atom is -0.365 e. The number of nitrogens with one attached hydrogen (secondary N) is 1. The van der Waals surface area contributed by atoms with Crippen molar-refractivity contribution in [1.29, 1.82) is 0 Å². The van der Waals surface area contributed by atoms with Crippen molar-refractivity contribution in [1.82, 2.24) is 19.8 Å². The molecule has 1 N–H and O–H groups in total. The fourth-order valence-corrected chi connectivity index (χ4v) is 4.72. The summed E-state index contributed by atoms with van der Waals surface area (Å²) >= 11 is 0. The number of ether oxygens (including phenoxy) is 1. The molecule has 0 bridgehead atoms. The molecule has 0 radical (unpaired) electrons. The number of likely N-dealkylation sites (tertiary alicyclic amines) is 1. The SMILES string of the molecule is Cc1ccc(C2Cn3cnc(C(=O)N4CCC(C(=O)NCc5ccc(F)cc5)CC4)c3CO2)cc1. The van der Waals surface area contributed by atoms with Gasteiger partial charge in [-0.15, -0.1) is 0 Å². The highest BCUT2D eigenvalue weighted by Crippen LogP contribution is 2.29. The molecule has 1 aromatic heterocycles. The lowest BCUT2D eigenvalue weighted by Crippen LogP contribution is -2.43. The summed E-state index contributed by atoms with van der Waals surface area (Å²) in [4.78, 5) is 32.0. The minimum absolute atomic E-state index is 0.0312. The second-order valence-electron chi connectivity index (χ2n) is 9.31. The van der Waals surface area contributed by atoms with E-state index < -0.39 is 0 Å². The third-order valence-electron chi connectivity index (χ3n) is 6.91. The van der Waals surface area contributed by atoms with Gasteiger partial charge in [-0.25, -0.2) is 9.37 Å². The molecular formula is C27H29FN4O3. The molecule has 3 heterocycles. The molecule has 1 fully saturated rings. The van der Waals surface area contributed by atoms with E-state index in [0.29, 0.717) is 51.3 Å². The normalized spacial score (nSPS) is 18.2. The van der Waals surface area contributed by atoms with E-state index in [9.17, 15) is 14.0 Å². The Morgan fingerprint density at radius 3 is 2.51 bits per heavy atom. The number of carbonyl (C=O) groups excluding carboxylic acids is 2.